The Hall–Kier alpha value is -0.890. The van der Waals surface area contributed by atoms with Gasteiger partial charge >= 0.3 is 0 Å². The van der Waals surface area contributed by atoms with Crippen LogP contribution in [0.1, 0.15) is 37.9 Å². The molecule has 0 radical (unpaired) electrons. The maximum absolute atomic E-state index is 12.8. The van der Waals surface area contributed by atoms with E-state index in [1.54, 1.807) is 12.3 Å². The first-order valence-electron chi connectivity index (χ1n) is 7.45. The summed E-state index contributed by atoms with van der Waals surface area (Å²) in [6.07, 6.45) is 4.39. The standard InChI is InChI=1S/C14H22N2O4S/c1-11-8-15(5-2-6-20-11)21(18,19)14-7-13(10-17)16(9-14)12-3-4-12/h7,9,11-12,17H,2-6,8,10H2,1H3. The van der Waals surface area contributed by atoms with Gasteiger partial charge in [-0.25, -0.2) is 8.42 Å². The maximum atomic E-state index is 12.8. The van der Waals surface area contributed by atoms with Crippen LogP contribution in [0.25, 0.3) is 0 Å². The third kappa shape index (κ3) is 3.01. The lowest BCUT2D eigenvalue weighted by molar-refractivity contribution is 0.0752. The minimum absolute atomic E-state index is 0.0925. The predicted molar refractivity (Wildman–Crippen MR) is 77.4 cm³/mol. The van der Waals surface area contributed by atoms with E-state index < -0.39 is 10.0 Å². The molecule has 21 heavy (non-hydrogen) atoms. The summed E-state index contributed by atoms with van der Waals surface area (Å²) in [5, 5.41) is 9.42. The third-order valence-electron chi connectivity index (χ3n) is 4.06. The summed E-state index contributed by atoms with van der Waals surface area (Å²) in [5.41, 5.74) is 0.676. The number of aromatic nitrogens is 1. The van der Waals surface area contributed by atoms with Crippen molar-refractivity contribution in [1.82, 2.24) is 8.87 Å². The molecule has 0 amide bonds. The average Bonchev–Trinajstić information content (AvgIpc) is 3.23. The second-order valence-electron chi connectivity index (χ2n) is 5.86. The lowest BCUT2D eigenvalue weighted by Gasteiger charge is -2.20. The van der Waals surface area contributed by atoms with Gasteiger partial charge in [0.15, 0.2) is 0 Å². The average molecular weight is 314 g/mol. The van der Waals surface area contributed by atoms with E-state index in [-0.39, 0.29) is 17.6 Å². The fraction of sp³-hybridized carbons (Fsp3) is 0.714. The SMILES string of the molecule is CC1CN(S(=O)(=O)c2cc(CO)n(C3CC3)c2)CCCO1. The molecular formula is C14H22N2O4S. The molecule has 0 bridgehead atoms. The van der Waals surface area contributed by atoms with Gasteiger partial charge in [-0.15, -0.1) is 0 Å². The van der Waals surface area contributed by atoms with Crippen LogP contribution in [-0.4, -0.2) is 48.2 Å². The Morgan fingerprint density at radius 1 is 1.43 bits per heavy atom. The van der Waals surface area contributed by atoms with Crippen LogP contribution in [0, 0.1) is 0 Å². The van der Waals surface area contributed by atoms with Gasteiger partial charge in [-0.1, -0.05) is 0 Å². The third-order valence-corrected chi connectivity index (χ3v) is 5.89. The number of hydrogen-bond donors (Lipinski definition) is 1. The van der Waals surface area contributed by atoms with Gasteiger partial charge in [-0.05, 0) is 32.3 Å². The largest absolute Gasteiger partial charge is 0.390 e. The first-order valence-corrected chi connectivity index (χ1v) is 8.89. The molecule has 3 rings (SSSR count). The van der Waals surface area contributed by atoms with Crippen LogP contribution in [-0.2, 0) is 21.4 Å². The van der Waals surface area contributed by atoms with Crippen LogP contribution in [0.4, 0.5) is 0 Å². The van der Waals surface area contributed by atoms with E-state index in [1.807, 2.05) is 11.5 Å². The van der Waals surface area contributed by atoms with Crippen LogP contribution in [0.15, 0.2) is 17.2 Å². The monoisotopic (exact) mass is 314 g/mol. The molecule has 118 valence electrons. The predicted octanol–water partition coefficient (Wildman–Crippen LogP) is 1.11. The Kier molecular flexibility index (Phi) is 4.09. The van der Waals surface area contributed by atoms with Crippen molar-refractivity contribution in [3.8, 4) is 0 Å². The number of aliphatic hydroxyl groups is 1. The van der Waals surface area contributed by atoms with E-state index in [9.17, 15) is 13.5 Å². The Morgan fingerprint density at radius 3 is 2.86 bits per heavy atom. The smallest absolute Gasteiger partial charge is 0.244 e. The molecule has 1 aromatic rings. The van der Waals surface area contributed by atoms with Crippen LogP contribution in [0.2, 0.25) is 0 Å². The fourth-order valence-electron chi connectivity index (χ4n) is 2.78. The van der Waals surface area contributed by atoms with Crippen molar-refractivity contribution in [3.05, 3.63) is 18.0 Å². The first-order chi connectivity index (χ1) is 10.0. The Balaban J connectivity index is 1.90. The summed E-state index contributed by atoms with van der Waals surface area (Å²) >= 11 is 0. The molecule has 0 aromatic carbocycles. The Labute approximate surface area is 125 Å². The van der Waals surface area contributed by atoms with Gasteiger partial charge in [0.05, 0.1) is 12.7 Å². The van der Waals surface area contributed by atoms with Crippen molar-refractivity contribution in [3.63, 3.8) is 0 Å². The molecule has 6 nitrogen and oxygen atoms in total. The summed E-state index contributed by atoms with van der Waals surface area (Å²) < 4.78 is 34.5. The van der Waals surface area contributed by atoms with Gasteiger partial charge in [0.1, 0.15) is 4.90 Å². The highest BCUT2D eigenvalue weighted by Crippen LogP contribution is 2.37. The molecule has 1 unspecified atom stereocenters. The fourth-order valence-corrected chi connectivity index (χ4v) is 4.39. The minimum atomic E-state index is -3.51. The van der Waals surface area contributed by atoms with Crippen molar-refractivity contribution in [2.75, 3.05) is 19.7 Å². The Bertz CT molecular complexity index is 606. The summed E-state index contributed by atoms with van der Waals surface area (Å²) in [6, 6.07) is 1.95. The van der Waals surface area contributed by atoms with Crippen LogP contribution in [0.3, 0.4) is 0 Å². The molecule has 2 fully saturated rings. The van der Waals surface area contributed by atoms with Crippen molar-refractivity contribution >= 4 is 10.0 Å². The highest BCUT2D eigenvalue weighted by atomic mass is 32.2. The summed E-state index contributed by atoms with van der Waals surface area (Å²) in [7, 11) is -3.51. The summed E-state index contributed by atoms with van der Waals surface area (Å²) in [5.74, 6) is 0. The molecule has 1 atom stereocenters. The molecule has 1 N–H and O–H groups in total. The zero-order chi connectivity index (χ0) is 15.0. The number of aliphatic hydroxyl groups excluding tert-OH is 1. The van der Waals surface area contributed by atoms with Gasteiger partial charge in [0.25, 0.3) is 0 Å². The van der Waals surface area contributed by atoms with E-state index in [4.69, 9.17) is 4.74 Å². The molecule has 1 aliphatic heterocycles. The number of nitrogens with zero attached hydrogens (tertiary/aromatic N) is 2. The van der Waals surface area contributed by atoms with E-state index in [0.717, 1.165) is 12.8 Å². The molecule has 1 aromatic heterocycles. The van der Waals surface area contributed by atoms with Gasteiger partial charge in [0, 0.05) is 37.6 Å². The van der Waals surface area contributed by atoms with Crippen LogP contribution < -0.4 is 0 Å². The van der Waals surface area contributed by atoms with E-state index in [2.05, 4.69) is 0 Å². The van der Waals surface area contributed by atoms with E-state index in [1.165, 1.54) is 4.31 Å². The second kappa shape index (κ2) is 5.72. The topological polar surface area (TPSA) is 71.8 Å². The normalized spacial score (nSPS) is 25.0. The van der Waals surface area contributed by atoms with Gasteiger partial charge in [0.2, 0.25) is 10.0 Å². The highest BCUT2D eigenvalue weighted by Gasteiger charge is 2.32. The molecule has 2 aliphatic rings. The number of rotatable bonds is 4. The van der Waals surface area contributed by atoms with Crippen LogP contribution >= 0.6 is 0 Å². The molecule has 1 aliphatic carbocycles. The molecular weight excluding hydrogens is 292 g/mol. The van der Waals surface area contributed by atoms with E-state index >= 15 is 0 Å². The molecule has 1 saturated carbocycles. The Morgan fingerprint density at radius 2 is 2.19 bits per heavy atom. The summed E-state index contributed by atoms with van der Waals surface area (Å²) in [6.45, 7) is 3.22. The zero-order valence-corrected chi connectivity index (χ0v) is 13.1. The lowest BCUT2D eigenvalue weighted by atomic mass is 10.4. The molecule has 1 saturated heterocycles. The number of hydrogen-bond acceptors (Lipinski definition) is 4. The minimum Gasteiger partial charge on any atom is -0.390 e. The van der Waals surface area contributed by atoms with Crippen molar-refractivity contribution in [1.29, 1.82) is 0 Å². The highest BCUT2D eigenvalue weighted by molar-refractivity contribution is 7.89. The maximum Gasteiger partial charge on any atom is 0.244 e. The summed E-state index contributed by atoms with van der Waals surface area (Å²) in [4.78, 5) is 0.285. The van der Waals surface area contributed by atoms with Gasteiger partial charge < -0.3 is 14.4 Å². The van der Waals surface area contributed by atoms with Gasteiger partial charge in [-0.2, -0.15) is 4.31 Å². The van der Waals surface area contributed by atoms with Crippen molar-refractivity contribution < 1.29 is 18.3 Å². The molecule has 7 heteroatoms. The lowest BCUT2D eigenvalue weighted by Crippen LogP contribution is -2.35. The molecule has 2 heterocycles. The molecule has 0 spiro atoms. The van der Waals surface area contributed by atoms with Crippen LogP contribution in [0.5, 0.6) is 0 Å². The van der Waals surface area contributed by atoms with Crippen molar-refractivity contribution in [2.45, 2.75) is 49.8 Å². The van der Waals surface area contributed by atoms with Crippen molar-refractivity contribution in [2.24, 2.45) is 0 Å². The van der Waals surface area contributed by atoms with Gasteiger partial charge in [-0.3, -0.25) is 0 Å². The second-order valence-corrected chi connectivity index (χ2v) is 7.80. The quantitative estimate of drug-likeness (QED) is 0.904. The number of sulfonamides is 1. The first kappa shape index (κ1) is 15.0. The van der Waals surface area contributed by atoms with E-state index in [0.29, 0.717) is 37.9 Å². The zero-order valence-electron chi connectivity index (χ0n) is 12.2. The number of ether oxygens (including phenoxy) is 1.